The lowest BCUT2D eigenvalue weighted by molar-refractivity contribution is 0.239. The number of nitrogens with two attached hydrogens (primary N) is 1. The summed E-state index contributed by atoms with van der Waals surface area (Å²) in [5, 5.41) is 3.15. The van der Waals surface area contributed by atoms with Crippen molar-refractivity contribution in [2.45, 2.75) is 40.0 Å². The fourth-order valence-corrected chi connectivity index (χ4v) is 2.57. The lowest BCUT2D eigenvalue weighted by Gasteiger charge is -2.16. The predicted molar refractivity (Wildman–Crippen MR) is 109 cm³/mol. The van der Waals surface area contributed by atoms with Crippen LogP contribution in [-0.4, -0.2) is 26.3 Å². The van der Waals surface area contributed by atoms with E-state index in [-0.39, 0.29) is 6.10 Å². The van der Waals surface area contributed by atoms with Crippen LogP contribution >= 0.6 is 0 Å². The number of benzene rings is 2. The van der Waals surface area contributed by atoms with Gasteiger partial charge in [0, 0.05) is 12.1 Å². The highest BCUT2D eigenvalue weighted by molar-refractivity contribution is 5.77. The number of aryl methyl sites for hydroxylation is 1. The SMILES string of the molecule is COc1ccc(CN=C(N)NCc2ccc(C)cc2OC(C)C)cc1OC. The lowest BCUT2D eigenvalue weighted by Crippen LogP contribution is -2.31. The van der Waals surface area contributed by atoms with Gasteiger partial charge in [0.2, 0.25) is 0 Å². The number of nitrogens with one attached hydrogen (secondary N) is 1. The van der Waals surface area contributed by atoms with Gasteiger partial charge in [-0.05, 0) is 50.1 Å². The number of methoxy groups -OCH3 is 2. The second-order valence-electron chi connectivity index (χ2n) is 6.52. The van der Waals surface area contributed by atoms with Gasteiger partial charge < -0.3 is 25.3 Å². The summed E-state index contributed by atoms with van der Waals surface area (Å²) in [4.78, 5) is 4.39. The summed E-state index contributed by atoms with van der Waals surface area (Å²) in [6.45, 7) is 7.06. The zero-order valence-corrected chi connectivity index (χ0v) is 16.7. The average Bonchev–Trinajstić information content (AvgIpc) is 2.65. The van der Waals surface area contributed by atoms with Crippen LogP contribution in [0.15, 0.2) is 41.4 Å². The molecule has 2 aromatic carbocycles. The number of nitrogens with zero attached hydrogens (tertiary/aromatic N) is 1. The highest BCUT2D eigenvalue weighted by Crippen LogP contribution is 2.27. The van der Waals surface area contributed by atoms with Crippen LogP contribution in [0, 0.1) is 6.92 Å². The van der Waals surface area contributed by atoms with E-state index in [2.05, 4.69) is 16.4 Å². The molecule has 0 aromatic heterocycles. The predicted octanol–water partition coefficient (Wildman–Crippen LogP) is 3.40. The fraction of sp³-hybridized carbons (Fsp3) is 0.381. The Labute approximate surface area is 161 Å². The summed E-state index contributed by atoms with van der Waals surface area (Å²) >= 11 is 0. The third kappa shape index (κ3) is 6.09. The van der Waals surface area contributed by atoms with E-state index in [1.807, 2.05) is 51.1 Å². The Morgan fingerprint density at radius 2 is 1.78 bits per heavy atom. The Kier molecular flexibility index (Phi) is 7.34. The number of rotatable bonds is 8. The van der Waals surface area contributed by atoms with Crippen LogP contribution in [0.2, 0.25) is 0 Å². The molecule has 0 spiro atoms. The molecular weight excluding hydrogens is 342 g/mol. The van der Waals surface area contributed by atoms with Gasteiger partial charge >= 0.3 is 0 Å². The standard InChI is InChI=1S/C21H29N3O3/c1-14(2)27-19-10-15(3)6-8-17(19)13-24-21(22)23-12-16-7-9-18(25-4)20(11-16)26-5/h6-11,14H,12-13H2,1-5H3,(H3,22,23,24). The average molecular weight is 371 g/mol. The number of hydrogen-bond acceptors (Lipinski definition) is 4. The molecule has 146 valence electrons. The fourth-order valence-electron chi connectivity index (χ4n) is 2.57. The highest BCUT2D eigenvalue weighted by Gasteiger charge is 2.07. The zero-order valence-electron chi connectivity index (χ0n) is 16.7. The first-order valence-corrected chi connectivity index (χ1v) is 8.93. The van der Waals surface area contributed by atoms with Gasteiger partial charge in [0.1, 0.15) is 5.75 Å². The molecule has 2 aromatic rings. The van der Waals surface area contributed by atoms with Crippen molar-refractivity contribution in [2.24, 2.45) is 10.7 Å². The molecule has 6 nitrogen and oxygen atoms in total. The van der Waals surface area contributed by atoms with Crippen molar-refractivity contribution in [3.05, 3.63) is 53.1 Å². The maximum Gasteiger partial charge on any atom is 0.189 e. The first-order valence-electron chi connectivity index (χ1n) is 8.93. The van der Waals surface area contributed by atoms with Crippen molar-refractivity contribution in [2.75, 3.05) is 14.2 Å². The van der Waals surface area contributed by atoms with Crippen molar-refractivity contribution >= 4 is 5.96 Å². The zero-order chi connectivity index (χ0) is 19.8. The Morgan fingerprint density at radius 1 is 1.04 bits per heavy atom. The maximum atomic E-state index is 6.02. The third-order valence-electron chi connectivity index (χ3n) is 3.93. The van der Waals surface area contributed by atoms with Crippen molar-refractivity contribution in [3.8, 4) is 17.2 Å². The molecule has 0 saturated carbocycles. The highest BCUT2D eigenvalue weighted by atomic mass is 16.5. The van der Waals surface area contributed by atoms with Crippen LogP contribution in [0.25, 0.3) is 0 Å². The van der Waals surface area contributed by atoms with E-state index in [1.165, 1.54) is 0 Å². The maximum absolute atomic E-state index is 6.02. The molecule has 0 fully saturated rings. The van der Waals surface area contributed by atoms with Crippen LogP contribution in [0.5, 0.6) is 17.2 Å². The summed E-state index contributed by atoms with van der Waals surface area (Å²) in [6, 6.07) is 11.8. The van der Waals surface area contributed by atoms with Crippen LogP contribution in [0.4, 0.5) is 0 Å². The van der Waals surface area contributed by atoms with Gasteiger partial charge in [-0.2, -0.15) is 0 Å². The first kappa shape index (κ1) is 20.4. The molecule has 0 saturated heterocycles. The Hall–Kier alpha value is -2.89. The largest absolute Gasteiger partial charge is 0.493 e. The molecule has 0 amide bonds. The second kappa shape index (κ2) is 9.71. The molecule has 3 N–H and O–H groups in total. The molecule has 0 aliphatic heterocycles. The third-order valence-corrected chi connectivity index (χ3v) is 3.93. The molecule has 0 radical (unpaired) electrons. The quantitative estimate of drug-likeness (QED) is 0.549. The monoisotopic (exact) mass is 371 g/mol. The van der Waals surface area contributed by atoms with Gasteiger partial charge in [-0.1, -0.05) is 18.2 Å². The summed E-state index contributed by atoms with van der Waals surface area (Å²) in [5.74, 6) is 2.60. The van der Waals surface area contributed by atoms with Gasteiger partial charge in [-0.3, -0.25) is 0 Å². The van der Waals surface area contributed by atoms with Crippen LogP contribution in [-0.2, 0) is 13.1 Å². The van der Waals surface area contributed by atoms with Gasteiger partial charge in [0.25, 0.3) is 0 Å². The minimum absolute atomic E-state index is 0.113. The molecule has 2 rings (SSSR count). The number of aliphatic imine (C=N–C) groups is 1. The smallest absolute Gasteiger partial charge is 0.189 e. The van der Waals surface area contributed by atoms with E-state index >= 15 is 0 Å². The van der Waals surface area contributed by atoms with E-state index in [0.29, 0.717) is 30.5 Å². The molecule has 0 aliphatic rings. The minimum atomic E-state index is 0.113. The molecule has 0 aliphatic carbocycles. The Morgan fingerprint density at radius 3 is 2.44 bits per heavy atom. The summed E-state index contributed by atoms with van der Waals surface area (Å²) in [7, 11) is 3.22. The summed E-state index contributed by atoms with van der Waals surface area (Å²) < 4.78 is 16.4. The van der Waals surface area contributed by atoms with Crippen LogP contribution < -0.4 is 25.3 Å². The summed E-state index contributed by atoms with van der Waals surface area (Å²) in [5.41, 5.74) is 9.20. The normalized spacial score (nSPS) is 11.4. The van der Waals surface area contributed by atoms with E-state index < -0.39 is 0 Å². The molecular formula is C21H29N3O3. The Bertz CT molecular complexity index is 788. The molecule has 0 heterocycles. The van der Waals surface area contributed by atoms with E-state index in [9.17, 15) is 0 Å². The van der Waals surface area contributed by atoms with E-state index in [4.69, 9.17) is 19.9 Å². The van der Waals surface area contributed by atoms with Crippen molar-refractivity contribution in [3.63, 3.8) is 0 Å². The first-order chi connectivity index (χ1) is 12.9. The van der Waals surface area contributed by atoms with Gasteiger partial charge in [-0.25, -0.2) is 4.99 Å². The van der Waals surface area contributed by atoms with E-state index in [1.54, 1.807) is 14.2 Å². The van der Waals surface area contributed by atoms with Crippen molar-refractivity contribution < 1.29 is 14.2 Å². The number of ether oxygens (including phenoxy) is 3. The number of guanidine groups is 1. The lowest BCUT2D eigenvalue weighted by atomic mass is 10.1. The molecule has 27 heavy (non-hydrogen) atoms. The van der Waals surface area contributed by atoms with Gasteiger partial charge in [-0.15, -0.1) is 0 Å². The Balaban J connectivity index is 2.00. The van der Waals surface area contributed by atoms with Crippen molar-refractivity contribution in [1.82, 2.24) is 5.32 Å². The molecule has 0 bridgehead atoms. The molecule has 0 unspecified atom stereocenters. The van der Waals surface area contributed by atoms with Gasteiger partial charge in [0.05, 0.1) is 26.9 Å². The van der Waals surface area contributed by atoms with Gasteiger partial charge in [0.15, 0.2) is 17.5 Å². The van der Waals surface area contributed by atoms with E-state index in [0.717, 1.165) is 22.4 Å². The second-order valence-corrected chi connectivity index (χ2v) is 6.52. The van der Waals surface area contributed by atoms with Crippen molar-refractivity contribution in [1.29, 1.82) is 0 Å². The molecule has 6 heteroatoms. The summed E-state index contributed by atoms with van der Waals surface area (Å²) in [6.07, 6.45) is 0.113. The minimum Gasteiger partial charge on any atom is -0.493 e. The molecule has 0 atom stereocenters. The van der Waals surface area contributed by atoms with Crippen LogP contribution in [0.1, 0.15) is 30.5 Å². The van der Waals surface area contributed by atoms with Crippen LogP contribution in [0.3, 0.4) is 0 Å². The number of hydrogen-bond donors (Lipinski definition) is 2. The topological polar surface area (TPSA) is 78.1 Å².